The molecular formula is C14H15BO4. The monoisotopic (exact) mass is 258 g/mol. The first kappa shape index (κ1) is 13.6. The molecule has 5 heteroatoms. The maximum Gasteiger partial charge on any atom is 0.707 e. The number of hydrogen-bond donors (Lipinski definition) is 2. The molecule has 19 heavy (non-hydrogen) atoms. The summed E-state index contributed by atoms with van der Waals surface area (Å²) in [6.45, 7) is 0.842. The molecule has 0 aromatic heterocycles. The number of rotatable bonds is 6. The van der Waals surface area contributed by atoms with Crippen LogP contribution >= 0.6 is 0 Å². The Morgan fingerprint density at radius 3 is 2.26 bits per heavy atom. The average Bonchev–Trinajstić information content (AvgIpc) is 2.41. The highest BCUT2D eigenvalue weighted by atomic mass is 16.6. The third kappa shape index (κ3) is 4.41. The van der Waals surface area contributed by atoms with Crippen molar-refractivity contribution in [3.05, 3.63) is 65.7 Å². The second-order valence-electron chi connectivity index (χ2n) is 4.03. The van der Waals surface area contributed by atoms with E-state index in [0.717, 1.165) is 11.1 Å². The Labute approximate surface area is 112 Å². The van der Waals surface area contributed by atoms with Crippen molar-refractivity contribution in [3.63, 3.8) is 0 Å². The smallest absolute Gasteiger partial charge is 0.512 e. The number of benzene rings is 2. The lowest BCUT2D eigenvalue weighted by Crippen LogP contribution is -2.21. The van der Waals surface area contributed by atoms with Crippen molar-refractivity contribution in [1.29, 1.82) is 0 Å². The number of hydrogen-bond acceptors (Lipinski definition) is 4. The van der Waals surface area contributed by atoms with E-state index in [1.54, 1.807) is 12.1 Å². The van der Waals surface area contributed by atoms with Crippen molar-refractivity contribution in [2.24, 2.45) is 0 Å². The molecule has 0 spiro atoms. The molecule has 0 heterocycles. The molecule has 0 bridgehead atoms. The summed E-state index contributed by atoms with van der Waals surface area (Å²) in [5, 5.41) is 17.7. The second kappa shape index (κ2) is 6.94. The minimum atomic E-state index is -1.82. The van der Waals surface area contributed by atoms with Gasteiger partial charge in [0.1, 0.15) is 5.75 Å². The van der Waals surface area contributed by atoms with Crippen LogP contribution in [0, 0.1) is 0 Å². The lowest BCUT2D eigenvalue weighted by molar-refractivity contribution is 0.105. The summed E-state index contributed by atoms with van der Waals surface area (Å²) >= 11 is 0. The zero-order chi connectivity index (χ0) is 13.5. The molecule has 0 saturated heterocycles. The number of ether oxygens (including phenoxy) is 1. The predicted molar refractivity (Wildman–Crippen MR) is 72.2 cm³/mol. The maximum atomic E-state index is 8.83. The Bertz CT molecular complexity index is 502. The number of para-hydroxylation sites is 1. The third-order valence-corrected chi connectivity index (χ3v) is 2.57. The zero-order valence-electron chi connectivity index (χ0n) is 10.4. The van der Waals surface area contributed by atoms with E-state index in [2.05, 4.69) is 0 Å². The highest BCUT2D eigenvalue weighted by Crippen LogP contribution is 2.19. The molecule has 98 valence electrons. The van der Waals surface area contributed by atoms with E-state index in [1.807, 2.05) is 42.5 Å². The highest BCUT2D eigenvalue weighted by Gasteiger charge is 2.13. The Kier molecular flexibility index (Phi) is 4.97. The second-order valence-corrected chi connectivity index (χ2v) is 4.03. The summed E-state index contributed by atoms with van der Waals surface area (Å²) in [6, 6.07) is 16.9. The van der Waals surface area contributed by atoms with Crippen LogP contribution in [-0.4, -0.2) is 17.4 Å². The minimum Gasteiger partial charge on any atom is -0.512 e. The van der Waals surface area contributed by atoms with Gasteiger partial charge in [-0.25, -0.2) is 0 Å². The van der Waals surface area contributed by atoms with Crippen LogP contribution in [0.3, 0.4) is 0 Å². The molecule has 2 N–H and O–H groups in total. The lowest BCUT2D eigenvalue weighted by Gasteiger charge is -2.11. The molecule has 0 aliphatic rings. The third-order valence-electron chi connectivity index (χ3n) is 2.57. The van der Waals surface area contributed by atoms with Crippen molar-refractivity contribution in [3.8, 4) is 5.75 Å². The summed E-state index contributed by atoms with van der Waals surface area (Å²) in [5.74, 6) is 0.408. The van der Waals surface area contributed by atoms with Crippen LogP contribution in [0.2, 0.25) is 0 Å². The van der Waals surface area contributed by atoms with Gasteiger partial charge < -0.3 is 19.4 Å². The molecule has 0 fully saturated rings. The fourth-order valence-corrected chi connectivity index (χ4v) is 1.70. The molecule has 0 aliphatic carbocycles. The molecule has 2 rings (SSSR count). The Balaban J connectivity index is 1.92. The largest absolute Gasteiger partial charge is 0.707 e. The lowest BCUT2D eigenvalue weighted by atomic mass is 10.2. The first-order valence-corrected chi connectivity index (χ1v) is 5.98. The van der Waals surface area contributed by atoms with Crippen LogP contribution in [0.4, 0.5) is 0 Å². The highest BCUT2D eigenvalue weighted by molar-refractivity contribution is 6.33. The van der Waals surface area contributed by atoms with Gasteiger partial charge in [-0.3, -0.25) is 0 Å². The Morgan fingerprint density at radius 2 is 1.53 bits per heavy atom. The molecule has 0 amide bonds. The van der Waals surface area contributed by atoms with Crippen molar-refractivity contribution in [1.82, 2.24) is 0 Å². The van der Waals surface area contributed by atoms with E-state index < -0.39 is 7.32 Å². The molecule has 0 saturated carbocycles. The van der Waals surface area contributed by atoms with Gasteiger partial charge >= 0.3 is 7.32 Å². The van der Waals surface area contributed by atoms with Gasteiger partial charge in [0.05, 0.1) is 13.2 Å². The van der Waals surface area contributed by atoms with E-state index in [9.17, 15) is 0 Å². The molecule has 4 nitrogen and oxygen atoms in total. The first-order chi connectivity index (χ1) is 9.25. The van der Waals surface area contributed by atoms with Crippen molar-refractivity contribution >= 4 is 7.32 Å². The van der Waals surface area contributed by atoms with Gasteiger partial charge in [0, 0.05) is 5.56 Å². The van der Waals surface area contributed by atoms with E-state index in [1.165, 1.54) is 0 Å². The van der Waals surface area contributed by atoms with Gasteiger partial charge in [0.2, 0.25) is 0 Å². The van der Waals surface area contributed by atoms with Gasteiger partial charge in [-0.15, -0.1) is 0 Å². The summed E-state index contributed by atoms with van der Waals surface area (Å²) in [7, 11) is -1.82. The predicted octanol–water partition coefficient (Wildman–Crippen LogP) is 1.75. The summed E-state index contributed by atoms with van der Waals surface area (Å²) in [6.07, 6.45) is 0. The molecule has 0 radical (unpaired) electrons. The van der Waals surface area contributed by atoms with Gasteiger partial charge in [-0.1, -0.05) is 48.5 Å². The fraction of sp³-hybridized carbons (Fsp3) is 0.143. The average molecular weight is 258 g/mol. The van der Waals surface area contributed by atoms with Crippen molar-refractivity contribution in [2.75, 3.05) is 0 Å². The molecule has 2 aromatic rings. The van der Waals surface area contributed by atoms with Crippen LogP contribution < -0.4 is 4.65 Å². The molecule has 2 aromatic carbocycles. The maximum absolute atomic E-state index is 8.83. The van der Waals surface area contributed by atoms with E-state index in [-0.39, 0.29) is 0 Å². The Morgan fingerprint density at radius 1 is 0.842 bits per heavy atom. The van der Waals surface area contributed by atoms with Gasteiger partial charge in [0.25, 0.3) is 0 Å². The van der Waals surface area contributed by atoms with Crippen molar-refractivity contribution in [2.45, 2.75) is 13.2 Å². The zero-order valence-corrected chi connectivity index (χ0v) is 10.4. The van der Waals surface area contributed by atoms with Crippen molar-refractivity contribution < 1.29 is 19.4 Å². The summed E-state index contributed by atoms with van der Waals surface area (Å²) < 4.78 is 10.5. The van der Waals surface area contributed by atoms with Crippen LogP contribution in [0.5, 0.6) is 5.75 Å². The minimum absolute atomic E-state index is 0.345. The van der Waals surface area contributed by atoms with Crippen LogP contribution in [0.1, 0.15) is 11.1 Å². The SMILES string of the molecule is OB(O)Oc1ccccc1COCc1ccccc1. The Hall–Kier alpha value is -1.82. The molecule has 0 aliphatic heterocycles. The molecular weight excluding hydrogens is 243 g/mol. The first-order valence-electron chi connectivity index (χ1n) is 5.98. The van der Waals surface area contributed by atoms with Gasteiger partial charge in [-0.05, 0) is 11.6 Å². The normalized spacial score (nSPS) is 10.2. The van der Waals surface area contributed by atoms with E-state index in [4.69, 9.17) is 19.4 Å². The quantitative estimate of drug-likeness (QED) is 0.775. The fourth-order valence-electron chi connectivity index (χ4n) is 1.70. The standard InChI is InChI=1S/C14H15BO4/c16-15(17)19-14-9-5-4-8-13(14)11-18-10-12-6-2-1-3-7-12/h1-9,16-17H,10-11H2. The van der Waals surface area contributed by atoms with E-state index >= 15 is 0 Å². The van der Waals surface area contributed by atoms with Gasteiger partial charge in [0.15, 0.2) is 0 Å². The summed E-state index contributed by atoms with van der Waals surface area (Å²) in [5.41, 5.74) is 1.86. The summed E-state index contributed by atoms with van der Waals surface area (Å²) in [4.78, 5) is 0. The molecule has 0 unspecified atom stereocenters. The topological polar surface area (TPSA) is 58.9 Å². The van der Waals surface area contributed by atoms with Crippen LogP contribution in [0.25, 0.3) is 0 Å². The van der Waals surface area contributed by atoms with Crippen LogP contribution in [-0.2, 0) is 18.0 Å². The van der Waals surface area contributed by atoms with Crippen LogP contribution in [0.15, 0.2) is 54.6 Å². The van der Waals surface area contributed by atoms with Gasteiger partial charge in [-0.2, -0.15) is 0 Å². The van der Waals surface area contributed by atoms with E-state index in [0.29, 0.717) is 19.0 Å². The molecule has 0 atom stereocenters.